The maximum Gasteiger partial charge on any atom is 0.343 e. The fourth-order valence-corrected chi connectivity index (χ4v) is 4.26. The second kappa shape index (κ2) is 18.5. The summed E-state index contributed by atoms with van der Waals surface area (Å²) in [5.74, 6) is -1.81. The molecule has 0 bridgehead atoms. The van der Waals surface area contributed by atoms with E-state index < -0.39 is 24.3 Å². The summed E-state index contributed by atoms with van der Waals surface area (Å²) in [5.41, 5.74) is 1.07. The number of esters is 2. The molecule has 1 unspecified atom stereocenters. The van der Waals surface area contributed by atoms with Crippen LogP contribution >= 0.6 is 0 Å². The van der Waals surface area contributed by atoms with Crippen molar-refractivity contribution in [2.45, 2.75) is 103 Å². The second-order valence-electron chi connectivity index (χ2n) is 9.92. The zero-order chi connectivity index (χ0) is 28.5. The van der Waals surface area contributed by atoms with Gasteiger partial charge in [-0.3, -0.25) is 0 Å². The zero-order valence-corrected chi connectivity index (χ0v) is 23.6. The van der Waals surface area contributed by atoms with Gasteiger partial charge in [0.15, 0.2) is 0 Å². The van der Waals surface area contributed by atoms with Gasteiger partial charge < -0.3 is 14.2 Å². The van der Waals surface area contributed by atoms with Crippen LogP contribution in [-0.2, 0) is 9.47 Å². The fourth-order valence-electron chi connectivity index (χ4n) is 4.26. The number of carbonyl (C=O) groups excluding carboxylic acids is 2. The van der Waals surface area contributed by atoms with Crippen molar-refractivity contribution in [3.8, 4) is 5.75 Å². The Bertz CT molecular complexity index is 960. The highest BCUT2D eigenvalue weighted by molar-refractivity contribution is 5.94. The number of alkyl halides is 2. The molecule has 2 atom stereocenters. The first kappa shape index (κ1) is 32.4. The molecule has 5 nitrogen and oxygen atoms in total. The Morgan fingerprint density at radius 3 is 1.92 bits per heavy atom. The normalized spacial score (nSPS) is 12.8. The van der Waals surface area contributed by atoms with Crippen molar-refractivity contribution in [2.24, 2.45) is 0 Å². The molecular weight excluding hydrogens is 502 g/mol. The number of carbonyl (C=O) groups is 2. The molecule has 7 heteroatoms. The van der Waals surface area contributed by atoms with Crippen molar-refractivity contribution < 1.29 is 32.6 Å². The average Bonchev–Trinajstić information content (AvgIpc) is 2.93. The summed E-state index contributed by atoms with van der Waals surface area (Å²) in [6.07, 6.45) is 7.33. The van der Waals surface area contributed by atoms with Crippen molar-refractivity contribution in [1.82, 2.24) is 0 Å². The van der Waals surface area contributed by atoms with Crippen LogP contribution in [0, 0.1) is 0 Å². The Balaban J connectivity index is 1.89. The molecule has 0 saturated carbocycles. The van der Waals surface area contributed by atoms with Crippen LogP contribution in [0.5, 0.6) is 5.75 Å². The molecule has 0 radical (unpaired) electrons. The molecule has 0 aromatic heterocycles. The summed E-state index contributed by atoms with van der Waals surface area (Å²) < 4.78 is 43.9. The van der Waals surface area contributed by atoms with Crippen molar-refractivity contribution in [3.05, 3.63) is 65.2 Å². The first-order valence-electron chi connectivity index (χ1n) is 14.4. The fraction of sp³-hybridized carbons (Fsp3) is 0.562. The van der Waals surface area contributed by atoms with Gasteiger partial charge >= 0.3 is 11.9 Å². The Morgan fingerprint density at radius 1 is 0.718 bits per heavy atom. The highest BCUT2D eigenvalue weighted by atomic mass is 19.3. The SMILES string of the molecule is CCCCCCCOC[C@@H](c1ccc(OC(=O)c2ccc(C(=O)OC(CCC)CCCC)cc2)cc1)C(F)F. The number of hydrogen-bond acceptors (Lipinski definition) is 5. The topological polar surface area (TPSA) is 61.8 Å². The maximum atomic E-state index is 13.6. The van der Waals surface area contributed by atoms with Crippen LogP contribution in [0.1, 0.15) is 117 Å². The summed E-state index contributed by atoms with van der Waals surface area (Å²) in [6, 6.07) is 12.2. The predicted octanol–water partition coefficient (Wildman–Crippen LogP) is 8.76. The Labute approximate surface area is 232 Å². The van der Waals surface area contributed by atoms with Crippen LogP contribution in [0.25, 0.3) is 0 Å². The molecule has 2 aromatic rings. The third kappa shape index (κ3) is 11.9. The van der Waals surface area contributed by atoms with Crippen molar-refractivity contribution >= 4 is 11.9 Å². The van der Waals surface area contributed by atoms with Gasteiger partial charge in [-0.15, -0.1) is 0 Å². The Morgan fingerprint density at radius 2 is 1.33 bits per heavy atom. The number of halogens is 2. The summed E-state index contributed by atoms with van der Waals surface area (Å²) in [6.45, 7) is 6.72. The van der Waals surface area contributed by atoms with Gasteiger partial charge in [0, 0.05) is 6.61 Å². The lowest BCUT2D eigenvalue weighted by Gasteiger charge is -2.17. The number of rotatable bonds is 19. The molecule has 0 heterocycles. The van der Waals surface area contributed by atoms with E-state index >= 15 is 0 Å². The maximum absolute atomic E-state index is 13.6. The highest BCUT2D eigenvalue weighted by Gasteiger charge is 2.23. The lowest BCUT2D eigenvalue weighted by molar-refractivity contribution is 0.0254. The standard InChI is InChI=1S/C32H44F2O5/c1-4-7-9-10-11-22-37-23-29(30(33)34)24-18-20-28(21-19-24)39-32(36)26-16-14-25(15-17-26)31(35)38-27(12-6-3)13-8-5-2/h14-21,27,29-30H,4-13,22-23H2,1-3H3/t27?,29-/m0/s1. The molecule has 216 valence electrons. The van der Waals surface area contributed by atoms with Crippen LogP contribution in [-0.4, -0.2) is 37.7 Å². The summed E-state index contributed by atoms with van der Waals surface area (Å²) >= 11 is 0. The number of unbranched alkanes of at least 4 members (excludes halogenated alkanes) is 5. The first-order chi connectivity index (χ1) is 18.9. The van der Waals surface area contributed by atoms with Crippen LogP contribution in [0.4, 0.5) is 8.78 Å². The van der Waals surface area contributed by atoms with Crippen LogP contribution in [0.15, 0.2) is 48.5 Å². The predicted molar refractivity (Wildman–Crippen MR) is 150 cm³/mol. The molecule has 0 fully saturated rings. The molecule has 2 aromatic carbocycles. The van der Waals surface area contributed by atoms with E-state index in [1.165, 1.54) is 42.8 Å². The molecule has 2 rings (SSSR count). The van der Waals surface area contributed by atoms with E-state index in [1.54, 1.807) is 12.1 Å². The Kier molecular flexibility index (Phi) is 15.4. The number of ether oxygens (including phenoxy) is 3. The van der Waals surface area contributed by atoms with E-state index in [1.807, 2.05) is 0 Å². The monoisotopic (exact) mass is 546 g/mol. The van der Waals surface area contributed by atoms with Gasteiger partial charge in [-0.25, -0.2) is 18.4 Å². The lowest BCUT2D eigenvalue weighted by atomic mass is 10.0. The highest BCUT2D eigenvalue weighted by Crippen LogP contribution is 2.26. The molecular formula is C32H44F2O5. The third-order valence-corrected chi connectivity index (χ3v) is 6.63. The summed E-state index contributed by atoms with van der Waals surface area (Å²) in [4.78, 5) is 25.1. The van der Waals surface area contributed by atoms with E-state index in [0.717, 1.165) is 57.8 Å². The Hall–Kier alpha value is -2.80. The van der Waals surface area contributed by atoms with Gasteiger partial charge in [0.05, 0.1) is 23.7 Å². The second-order valence-corrected chi connectivity index (χ2v) is 9.92. The number of benzene rings is 2. The largest absolute Gasteiger partial charge is 0.459 e. The molecule has 0 amide bonds. The lowest BCUT2D eigenvalue weighted by Crippen LogP contribution is -2.18. The smallest absolute Gasteiger partial charge is 0.343 e. The van der Waals surface area contributed by atoms with E-state index in [0.29, 0.717) is 17.7 Å². The van der Waals surface area contributed by atoms with Gasteiger partial charge in [0.1, 0.15) is 11.9 Å². The van der Waals surface area contributed by atoms with Gasteiger partial charge in [-0.05, 0) is 61.2 Å². The van der Waals surface area contributed by atoms with Crippen molar-refractivity contribution in [2.75, 3.05) is 13.2 Å². The molecule has 0 aliphatic rings. The molecule has 0 N–H and O–H groups in total. The van der Waals surface area contributed by atoms with Crippen molar-refractivity contribution in [3.63, 3.8) is 0 Å². The van der Waals surface area contributed by atoms with Crippen LogP contribution in [0.3, 0.4) is 0 Å². The van der Waals surface area contributed by atoms with Gasteiger partial charge in [0.2, 0.25) is 6.43 Å². The van der Waals surface area contributed by atoms with E-state index in [-0.39, 0.29) is 24.0 Å². The quantitative estimate of drug-likeness (QED) is 0.100. The molecule has 0 saturated heterocycles. The van der Waals surface area contributed by atoms with Gasteiger partial charge in [-0.2, -0.15) is 0 Å². The molecule has 0 aliphatic heterocycles. The summed E-state index contributed by atoms with van der Waals surface area (Å²) in [7, 11) is 0. The third-order valence-electron chi connectivity index (χ3n) is 6.63. The molecule has 39 heavy (non-hydrogen) atoms. The average molecular weight is 547 g/mol. The van der Waals surface area contributed by atoms with Crippen LogP contribution in [0.2, 0.25) is 0 Å². The minimum atomic E-state index is -2.56. The minimum absolute atomic E-state index is 0.0584. The minimum Gasteiger partial charge on any atom is -0.459 e. The van der Waals surface area contributed by atoms with Crippen molar-refractivity contribution in [1.29, 1.82) is 0 Å². The zero-order valence-electron chi connectivity index (χ0n) is 23.6. The molecule has 0 spiro atoms. The van der Waals surface area contributed by atoms with Crippen LogP contribution < -0.4 is 4.74 Å². The molecule has 0 aliphatic carbocycles. The summed E-state index contributed by atoms with van der Waals surface area (Å²) in [5, 5.41) is 0. The van der Waals surface area contributed by atoms with Gasteiger partial charge in [0.25, 0.3) is 0 Å². The van der Waals surface area contributed by atoms with Gasteiger partial charge in [-0.1, -0.05) is 77.8 Å². The van der Waals surface area contributed by atoms with E-state index in [2.05, 4.69) is 20.8 Å². The van der Waals surface area contributed by atoms with E-state index in [9.17, 15) is 18.4 Å². The number of hydrogen-bond donors (Lipinski definition) is 0. The van der Waals surface area contributed by atoms with E-state index in [4.69, 9.17) is 14.2 Å². The first-order valence-corrected chi connectivity index (χ1v) is 14.4.